The fourth-order valence-electron chi connectivity index (χ4n) is 4.43. The molecule has 1 aliphatic rings. The van der Waals surface area contributed by atoms with E-state index >= 15 is 0 Å². The van der Waals surface area contributed by atoms with E-state index in [1.807, 2.05) is 52.0 Å². The van der Waals surface area contributed by atoms with Crippen molar-refractivity contribution in [3.63, 3.8) is 0 Å². The molecule has 0 spiro atoms. The average Bonchev–Trinajstić information content (AvgIpc) is 3.08. The second kappa shape index (κ2) is 9.66. The predicted octanol–water partition coefficient (Wildman–Crippen LogP) is 5.73. The molecule has 1 unspecified atom stereocenters. The van der Waals surface area contributed by atoms with Crippen molar-refractivity contribution in [3.8, 4) is 11.5 Å². The first-order chi connectivity index (χ1) is 16.7. The number of aliphatic hydroxyl groups excluding tert-OH is 1. The number of Topliss-reactive ketones (excluding diaryl/α,β-unsaturated/α-hetero) is 1. The molecule has 3 aromatic carbocycles. The maximum absolute atomic E-state index is 13.4. The number of aryl methyl sites for hydroxylation is 2. The molecule has 1 aliphatic heterocycles. The fraction of sp³-hybridized carbons (Fsp3) is 0.241. The lowest BCUT2D eigenvalue weighted by molar-refractivity contribution is -0.132. The number of rotatable bonds is 6. The van der Waals surface area contributed by atoms with Crippen molar-refractivity contribution in [2.75, 3.05) is 12.0 Å². The van der Waals surface area contributed by atoms with Crippen LogP contribution in [0.15, 0.2) is 72.3 Å². The van der Waals surface area contributed by atoms with Crippen LogP contribution in [0.2, 0.25) is 0 Å². The van der Waals surface area contributed by atoms with Gasteiger partial charge in [0.15, 0.2) is 0 Å². The molecule has 6 heteroatoms. The van der Waals surface area contributed by atoms with Gasteiger partial charge in [-0.25, -0.2) is 0 Å². The lowest BCUT2D eigenvalue weighted by Gasteiger charge is -2.26. The number of amides is 1. The van der Waals surface area contributed by atoms with E-state index in [2.05, 4.69) is 0 Å². The van der Waals surface area contributed by atoms with Gasteiger partial charge in [-0.3, -0.25) is 14.5 Å². The summed E-state index contributed by atoms with van der Waals surface area (Å²) in [6.07, 6.45) is 0.00520. The quantitative estimate of drug-likeness (QED) is 0.282. The van der Waals surface area contributed by atoms with E-state index in [0.29, 0.717) is 28.3 Å². The van der Waals surface area contributed by atoms with Crippen molar-refractivity contribution in [1.82, 2.24) is 0 Å². The molecule has 0 aliphatic carbocycles. The molecule has 1 fully saturated rings. The van der Waals surface area contributed by atoms with Crippen molar-refractivity contribution < 1.29 is 24.2 Å². The van der Waals surface area contributed by atoms with Gasteiger partial charge in [-0.05, 0) is 92.9 Å². The molecule has 0 bridgehead atoms. The van der Waals surface area contributed by atoms with Gasteiger partial charge in [-0.2, -0.15) is 0 Å². The van der Waals surface area contributed by atoms with E-state index in [1.54, 1.807) is 49.6 Å². The molecule has 3 aromatic rings. The molecule has 1 saturated heterocycles. The summed E-state index contributed by atoms with van der Waals surface area (Å²) in [6.45, 7) is 7.73. The van der Waals surface area contributed by atoms with E-state index in [0.717, 1.165) is 11.1 Å². The number of carbonyl (C=O) groups is 2. The second-order valence-corrected chi connectivity index (χ2v) is 8.98. The van der Waals surface area contributed by atoms with Crippen molar-refractivity contribution >= 4 is 23.1 Å². The summed E-state index contributed by atoms with van der Waals surface area (Å²) in [5.74, 6) is -0.430. The van der Waals surface area contributed by atoms with Gasteiger partial charge in [0.05, 0.1) is 24.8 Å². The number of anilines is 1. The number of nitrogens with zero attached hydrogens (tertiary/aromatic N) is 1. The van der Waals surface area contributed by atoms with Gasteiger partial charge in [-0.1, -0.05) is 18.2 Å². The van der Waals surface area contributed by atoms with Gasteiger partial charge in [0.1, 0.15) is 17.3 Å². The number of ether oxygens (including phenoxy) is 2. The Labute approximate surface area is 205 Å². The zero-order valence-electron chi connectivity index (χ0n) is 20.5. The molecule has 1 atom stereocenters. The molecule has 0 radical (unpaired) electrons. The largest absolute Gasteiger partial charge is 0.507 e. The number of methoxy groups -OCH3 is 1. The van der Waals surface area contributed by atoms with Gasteiger partial charge in [0, 0.05) is 11.3 Å². The van der Waals surface area contributed by atoms with Crippen LogP contribution in [0.5, 0.6) is 11.5 Å². The molecule has 4 rings (SSSR count). The summed E-state index contributed by atoms with van der Waals surface area (Å²) in [6, 6.07) is 18.9. The number of benzene rings is 3. The normalized spacial score (nSPS) is 17.2. The molecule has 180 valence electrons. The maximum atomic E-state index is 13.4. The molecule has 0 aromatic heterocycles. The van der Waals surface area contributed by atoms with Gasteiger partial charge in [0.2, 0.25) is 0 Å². The average molecular weight is 472 g/mol. The molecule has 1 heterocycles. The lowest BCUT2D eigenvalue weighted by Crippen LogP contribution is -2.29. The van der Waals surface area contributed by atoms with E-state index < -0.39 is 17.7 Å². The monoisotopic (exact) mass is 471 g/mol. The first-order valence-electron chi connectivity index (χ1n) is 11.5. The Morgan fingerprint density at radius 1 is 0.914 bits per heavy atom. The van der Waals surface area contributed by atoms with Crippen LogP contribution in [0.1, 0.15) is 42.1 Å². The van der Waals surface area contributed by atoms with Gasteiger partial charge in [0.25, 0.3) is 11.7 Å². The molecule has 35 heavy (non-hydrogen) atoms. The Morgan fingerprint density at radius 2 is 1.57 bits per heavy atom. The van der Waals surface area contributed by atoms with Gasteiger partial charge in [-0.15, -0.1) is 0 Å². The Kier molecular flexibility index (Phi) is 6.65. The van der Waals surface area contributed by atoms with Crippen LogP contribution in [0.4, 0.5) is 5.69 Å². The molecular weight excluding hydrogens is 442 g/mol. The highest BCUT2D eigenvalue weighted by molar-refractivity contribution is 6.51. The Bertz CT molecular complexity index is 1290. The maximum Gasteiger partial charge on any atom is 0.300 e. The Balaban J connectivity index is 1.90. The third-order valence-electron chi connectivity index (χ3n) is 5.84. The highest BCUT2D eigenvalue weighted by atomic mass is 16.5. The second-order valence-electron chi connectivity index (χ2n) is 8.98. The van der Waals surface area contributed by atoms with Crippen molar-refractivity contribution in [3.05, 3.63) is 94.6 Å². The zero-order chi connectivity index (χ0) is 25.3. The van der Waals surface area contributed by atoms with Crippen LogP contribution >= 0.6 is 0 Å². The number of hydrogen-bond donors (Lipinski definition) is 1. The van der Waals surface area contributed by atoms with Crippen LogP contribution in [-0.4, -0.2) is 30.0 Å². The van der Waals surface area contributed by atoms with E-state index in [-0.39, 0.29) is 17.4 Å². The lowest BCUT2D eigenvalue weighted by atomic mass is 9.94. The topological polar surface area (TPSA) is 76.1 Å². The number of ketones is 1. The van der Waals surface area contributed by atoms with E-state index in [9.17, 15) is 14.7 Å². The Morgan fingerprint density at radius 3 is 2.17 bits per heavy atom. The van der Waals surface area contributed by atoms with Crippen LogP contribution in [0, 0.1) is 13.8 Å². The minimum atomic E-state index is -0.821. The third-order valence-corrected chi connectivity index (χ3v) is 5.84. The van der Waals surface area contributed by atoms with Crippen molar-refractivity contribution in [1.29, 1.82) is 0 Å². The van der Waals surface area contributed by atoms with Crippen LogP contribution in [0.25, 0.3) is 5.76 Å². The first kappa shape index (κ1) is 24.1. The standard InChI is InChI=1S/C29H29NO5/c1-17(2)35-23-11-9-20(10-12-23)27(31)25-26(21-7-6-8-24(16-21)34-5)30(29(33)28(25)32)22-14-18(3)13-19(4)15-22/h6-17,26,31H,1-5H3/b27-25+. The SMILES string of the molecule is COc1cccc(C2/C(=C(\O)c3ccc(OC(C)C)cc3)C(=O)C(=O)N2c2cc(C)cc(C)c2)c1. The van der Waals surface area contributed by atoms with Crippen molar-refractivity contribution in [2.45, 2.75) is 39.8 Å². The summed E-state index contributed by atoms with van der Waals surface area (Å²) in [5.41, 5.74) is 3.63. The Hall–Kier alpha value is -4.06. The van der Waals surface area contributed by atoms with Crippen LogP contribution < -0.4 is 14.4 Å². The highest BCUT2D eigenvalue weighted by Gasteiger charge is 2.47. The molecule has 0 saturated carbocycles. The predicted molar refractivity (Wildman–Crippen MR) is 136 cm³/mol. The van der Waals surface area contributed by atoms with Gasteiger partial charge >= 0.3 is 0 Å². The van der Waals surface area contributed by atoms with E-state index in [4.69, 9.17) is 9.47 Å². The minimum absolute atomic E-state index is 0.00520. The van der Waals surface area contributed by atoms with Crippen molar-refractivity contribution in [2.24, 2.45) is 0 Å². The summed E-state index contributed by atoms with van der Waals surface area (Å²) in [7, 11) is 1.56. The zero-order valence-corrected chi connectivity index (χ0v) is 20.5. The number of hydrogen-bond acceptors (Lipinski definition) is 5. The smallest absolute Gasteiger partial charge is 0.300 e. The molecule has 1 N–H and O–H groups in total. The van der Waals surface area contributed by atoms with Gasteiger partial charge < -0.3 is 14.6 Å². The molecule has 6 nitrogen and oxygen atoms in total. The highest BCUT2D eigenvalue weighted by Crippen LogP contribution is 2.43. The molecule has 1 amide bonds. The van der Waals surface area contributed by atoms with E-state index in [1.165, 1.54) is 4.90 Å². The summed E-state index contributed by atoms with van der Waals surface area (Å²) >= 11 is 0. The van der Waals surface area contributed by atoms with Crippen LogP contribution in [0.3, 0.4) is 0 Å². The third kappa shape index (κ3) is 4.78. The summed E-state index contributed by atoms with van der Waals surface area (Å²) in [5, 5.41) is 11.3. The summed E-state index contributed by atoms with van der Waals surface area (Å²) < 4.78 is 11.1. The molecular formula is C29H29NO5. The number of carbonyl (C=O) groups excluding carboxylic acids is 2. The number of aliphatic hydroxyl groups is 1. The summed E-state index contributed by atoms with van der Waals surface area (Å²) in [4.78, 5) is 28.2. The fourth-order valence-corrected chi connectivity index (χ4v) is 4.43. The minimum Gasteiger partial charge on any atom is -0.507 e. The first-order valence-corrected chi connectivity index (χ1v) is 11.5. The van der Waals surface area contributed by atoms with Crippen LogP contribution in [-0.2, 0) is 9.59 Å².